The summed E-state index contributed by atoms with van der Waals surface area (Å²) in [5.41, 5.74) is 0.247. The van der Waals surface area contributed by atoms with Gasteiger partial charge in [-0.15, -0.1) is 0 Å². The van der Waals surface area contributed by atoms with E-state index in [0.717, 1.165) is 16.5 Å². The Balaban J connectivity index is 1.99. The molecule has 1 aliphatic carbocycles. The van der Waals surface area contributed by atoms with Gasteiger partial charge >= 0.3 is 0 Å². The fourth-order valence-corrected chi connectivity index (χ4v) is 2.80. The maximum Gasteiger partial charge on any atom is 0.224 e. The second kappa shape index (κ2) is 6.24. The molecule has 0 saturated heterocycles. The summed E-state index contributed by atoms with van der Waals surface area (Å²) in [7, 11) is 0. The lowest BCUT2D eigenvalue weighted by atomic mass is 9.98. The van der Waals surface area contributed by atoms with Gasteiger partial charge in [0.25, 0.3) is 0 Å². The van der Waals surface area contributed by atoms with Gasteiger partial charge in [0.1, 0.15) is 0 Å². The van der Waals surface area contributed by atoms with Crippen molar-refractivity contribution in [3.05, 3.63) is 34.3 Å². The molecule has 0 aromatic heterocycles. The number of hydrogen-bond acceptors (Lipinski definition) is 3. The highest BCUT2D eigenvalue weighted by atomic mass is 79.9. The van der Waals surface area contributed by atoms with Crippen LogP contribution >= 0.6 is 15.9 Å². The highest BCUT2D eigenvalue weighted by Gasteiger charge is 2.45. The highest BCUT2D eigenvalue weighted by molar-refractivity contribution is 9.10. The fourth-order valence-electron chi connectivity index (χ4n) is 2.39. The predicted octanol–water partition coefficient (Wildman–Crippen LogP) is 1.80. The van der Waals surface area contributed by atoms with E-state index in [1.807, 2.05) is 31.2 Å². The smallest absolute Gasteiger partial charge is 0.224 e. The first-order chi connectivity index (χ1) is 9.55. The Morgan fingerprint density at radius 2 is 2.15 bits per heavy atom. The van der Waals surface area contributed by atoms with Gasteiger partial charge in [0.2, 0.25) is 5.91 Å². The quantitative estimate of drug-likeness (QED) is 0.738. The van der Waals surface area contributed by atoms with Gasteiger partial charge in [0, 0.05) is 10.4 Å². The second-order valence-corrected chi connectivity index (χ2v) is 6.36. The van der Waals surface area contributed by atoms with Crippen LogP contribution in [0, 0.1) is 5.92 Å². The van der Waals surface area contributed by atoms with Crippen LogP contribution in [0.15, 0.2) is 28.7 Å². The van der Waals surface area contributed by atoms with Crippen molar-refractivity contribution in [3.8, 4) is 0 Å². The van der Waals surface area contributed by atoms with E-state index >= 15 is 0 Å². The average Bonchev–Trinajstić information content (AvgIpc) is 3.25. The largest absolute Gasteiger partial charge is 0.394 e. The molecule has 1 amide bonds. The number of carbonyl (C=O) groups is 1. The van der Waals surface area contributed by atoms with Crippen LogP contribution in [0.2, 0.25) is 0 Å². The van der Waals surface area contributed by atoms with Gasteiger partial charge in [-0.25, -0.2) is 0 Å². The zero-order chi connectivity index (χ0) is 14.8. The molecule has 1 saturated carbocycles. The third-order valence-electron chi connectivity index (χ3n) is 4.07. The molecule has 0 heterocycles. The molecule has 0 aliphatic heterocycles. The number of hydrogen-bond donors (Lipinski definition) is 3. The lowest BCUT2D eigenvalue weighted by molar-refractivity contribution is -0.125. The first-order valence-corrected chi connectivity index (χ1v) is 7.63. The van der Waals surface area contributed by atoms with E-state index in [1.54, 1.807) is 0 Å². The van der Waals surface area contributed by atoms with E-state index in [2.05, 4.69) is 21.2 Å². The van der Waals surface area contributed by atoms with Crippen molar-refractivity contribution in [3.63, 3.8) is 0 Å². The molecule has 0 radical (unpaired) electrons. The maximum absolute atomic E-state index is 12.2. The molecule has 1 aliphatic rings. The Morgan fingerprint density at radius 3 is 2.70 bits per heavy atom. The van der Waals surface area contributed by atoms with Gasteiger partial charge in [-0.2, -0.15) is 0 Å². The van der Waals surface area contributed by atoms with Crippen molar-refractivity contribution in [2.75, 3.05) is 13.2 Å². The number of aliphatic hydroxyl groups is 2. The summed E-state index contributed by atoms with van der Waals surface area (Å²) >= 11 is 3.43. The summed E-state index contributed by atoms with van der Waals surface area (Å²) in [5.74, 6) is 0.0905. The zero-order valence-electron chi connectivity index (χ0n) is 11.5. The first-order valence-electron chi connectivity index (χ1n) is 6.84. The molecule has 4 nitrogen and oxygen atoms in total. The van der Waals surface area contributed by atoms with Crippen molar-refractivity contribution >= 4 is 21.8 Å². The van der Waals surface area contributed by atoms with Crippen LogP contribution in [-0.4, -0.2) is 34.9 Å². The summed E-state index contributed by atoms with van der Waals surface area (Å²) in [6, 6.07) is 7.97. The van der Waals surface area contributed by atoms with E-state index in [4.69, 9.17) is 0 Å². The minimum atomic E-state index is -0.901. The molecule has 20 heavy (non-hydrogen) atoms. The summed E-state index contributed by atoms with van der Waals surface area (Å²) in [6.07, 6.45) is 1.32. The molecule has 0 bridgehead atoms. The Morgan fingerprint density at radius 1 is 1.45 bits per heavy atom. The molecular weight excluding hydrogens is 322 g/mol. The first kappa shape index (κ1) is 15.5. The summed E-state index contributed by atoms with van der Waals surface area (Å²) in [6.45, 7) is 1.34. The van der Waals surface area contributed by atoms with E-state index in [-0.39, 0.29) is 31.0 Å². The normalized spacial score (nSPS) is 21.6. The van der Waals surface area contributed by atoms with Crippen molar-refractivity contribution < 1.29 is 15.0 Å². The SMILES string of the molecule is CCC(CO)(CO)NC(=O)[C@@H]1C[C@H]1c1cccc(Br)c1. The number of halogens is 1. The van der Waals surface area contributed by atoms with Crippen LogP contribution in [0.4, 0.5) is 0 Å². The number of benzene rings is 1. The molecule has 5 heteroatoms. The molecule has 3 N–H and O–H groups in total. The van der Waals surface area contributed by atoms with Gasteiger partial charge < -0.3 is 15.5 Å². The third kappa shape index (κ3) is 3.22. The van der Waals surface area contributed by atoms with Crippen LogP contribution in [0.25, 0.3) is 0 Å². The van der Waals surface area contributed by atoms with E-state index in [0.29, 0.717) is 6.42 Å². The van der Waals surface area contributed by atoms with Crippen molar-refractivity contribution in [2.24, 2.45) is 5.92 Å². The zero-order valence-corrected chi connectivity index (χ0v) is 13.1. The summed E-state index contributed by atoms with van der Waals surface area (Å²) < 4.78 is 1.01. The Kier molecular flexibility index (Phi) is 4.83. The lowest BCUT2D eigenvalue weighted by Gasteiger charge is -2.29. The fraction of sp³-hybridized carbons (Fsp3) is 0.533. The predicted molar refractivity (Wildman–Crippen MR) is 80.3 cm³/mol. The number of nitrogens with one attached hydrogen (secondary N) is 1. The highest BCUT2D eigenvalue weighted by Crippen LogP contribution is 2.48. The Hall–Kier alpha value is -0.910. The molecule has 1 aromatic rings. The number of aliphatic hydroxyl groups excluding tert-OH is 2. The number of rotatable bonds is 6. The van der Waals surface area contributed by atoms with Gasteiger partial charge in [-0.3, -0.25) is 4.79 Å². The van der Waals surface area contributed by atoms with Crippen molar-refractivity contribution in [1.82, 2.24) is 5.32 Å². The topological polar surface area (TPSA) is 69.6 Å². The molecule has 2 atom stereocenters. The van der Waals surface area contributed by atoms with Crippen LogP contribution in [0.3, 0.4) is 0 Å². The molecule has 1 aromatic carbocycles. The van der Waals surface area contributed by atoms with Crippen molar-refractivity contribution in [2.45, 2.75) is 31.2 Å². The van der Waals surface area contributed by atoms with E-state index in [9.17, 15) is 15.0 Å². The summed E-state index contributed by atoms with van der Waals surface area (Å²) in [5, 5.41) is 21.5. The van der Waals surface area contributed by atoms with Crippen LogP contribution < -0.4 is 5.32 Å². The minimum Gasteiger partial charge on any atom is -0.394 e. The molecular formula is C15H20BrNO3. The Labute approximate surface area is 127 Å². The van der Waals surface area contributed by atoms with Crippen molar-refractivity contribution in [1.29, 1.82) is 0 Å². The molecule has 0 unspecified atom stereocenters. The Bertz CT molecular complexity index is 479. The molecule has 2 rings (SSSR count). The van der Waals surface area contributed by atoms with E-state index < -0.39 is 5.54 Å². The van der Waals surface area contributed by atoms with Gasteiger partial charge in [0.15, 0.2) is 0 Å². The maximum atomic E-state index is 12.2. The minimum absolute atomic E-state index is 0.0617. The second-order valence-electron chi connectivity index (χ2n) is 5.44. The third-order valence-corrected chi connectivity index (χ3v) is 4.57. The average molecular weight is 342 g/mol. The molecule has 0 spiro atoms. The van der Waals surface area contributed by atoms with Gasteiger partial charge in [-0.05, 0) is 36.5 Å². The molecule has 1 fully saturated rings. The lowest BCUT2D eigenvalue weighted by Crippen LogP contribution is -2.54. The summed E-state index contributed by atoms with van der Waals surface area (Å²) in [4.78, 5) is 12.2. The van der Waals surface area contributed by atoms with Gasteiger partial charge in [0.05, 0.1) is 18.8 Å². The standard InChI is InChI=1S/C15H20BrNO3/c1-2-15(8-18,9-19)17-14(20)13-7-12(13)10-4-3-5-11(16)6-10/h3-6,12-13,18-19H,2,7-9H2,1H3,(H,17,20)/t12-,13+/m0/s1. The number of carbonyl (C=O) groups excluding carboxylic acids is 1. The van der Waals surface area contributed by atoms with Crippen LogP contribution in [0.5, 0.6) is 0 Å². The van der Waals surface area contributed by atoms with E-state index in [1.165, 1.54) is 0 Å². The van der Waals surface area contributed by atoms with Gasteiger partial charge in [-0.1, -0.05) is 35.0 Å². The number of amides is 1. The van der Waals surface area contributed by atoms with Crippen LogP contribution in [-0.2, 0) is 4.79 Å². The monoisotopic (exact) mass is 341 g/mol. The van der Waals surface area contributed by atoms with Crippen LogP contribution in [0.1, 0.15) is 31.2 Å². The molecule has 110 valence electrons.